The van der Waals surface area contributed by atoms with E-state index in [1.807, 2.05) is 6.08 Å². The molecule has 0 amide bonds. The van der Waals surface area contributed by atoms with Crippen LogP contribution in [0, 0.1) is 10.8 Å². The van der Waals surface area contributed by atoms with E-state index in [0.717, 1.165) is 12.1 Å². The first kappa shape index (κ1) is 9.37. The summed E-state index contributed by atoms with van der Waals surface area (Å²) in [6.07, 6.45) is 7.43. The largest absolute Gasteiger partial charge is 0.399 e. The lowest BCUT2D eigenvalue weighted by Gasteiger charge is -2.40. The van der Waals surface area contributed by atoms with E-state index in [1.165, 1.54) is 0 Å². The summed E-state index contributed by atoms with van der Waals surface area (Å²) in [7, 11) is 0. The molecule has 12 heavy (non-hydrogen) atoms. The minimum absolute atomic E-state index is 0.260. The zero-order chi connectivity index (χ0) is 9.41. The Morgan fingerprint density at radius 1 is 1.42 bits per heavy atom. The van der Waals surface area contributed by atoms with Gasteiger partial charge in [0.2, 0.25) is 0 Å². The highest BCUT2D eigenvalue weighted by Gasteiger charge is 2.35. The highest BCUT2D eigenvalue weighted by molar-refractivity contribution is 5.24. The molecule has 0 radical (unpaired) electrons. The van der Waals surface area contributed by atoms with Crippen LogP contribution in [0.15, 0.2) is 23.9 Å². The molecule has 2 N–H and O–H groups in total. The van der Waals surface area contributed by atoms with Gasteiger partial charge in [0, 0.05) is 5.70 Å². The average Bonchev–Trinajstić information content (AvgIpc) is 1.93. The highest BCUT2D eigenvalue weighted by Crippen LogP contribution is 2.44. The molecule has 0 saturated carbocycles. The van der Waals surface area contributed by atoms with Gasteiger partial charge < -0.3 is 5.73 Å². The highest BCUT2D eigenvalue weighted by atomic mass is 14.6. The maximum atomic E-state index is 5.67. The second kappa shape index (κ2) is 2.65. The zero-order valence-corrected chi connectivity index (χ0v) is 8.52. The molecular weight excluding hydrogens is 146 g/mol. The SMILES string of the molecule is CC(C)(C)C1(C)C=CC(N)=CC1. The summed E-state index contributed by atoms with van der Waals surface area (Å²) in [5.74, 6) is 0. The molecule has 0 fully saturated rings. The van der Waals surface area contributed by atoms with Gasteiger partial charge in [-0.05, 0) is 23.3 Å². The van der Waals surface area contributed by atoms with E-state index >= 15 is 0 Å². The van der Waals surface area contributed by atoms with Crippen molar-refractivity contribution in [2.24, 2.45) is 16.6 Å². The second-order valence-corrected chi connectivity index (χ2v) is 4.91. The van der Waals surface area contributed by atoms with Crippen LogP contribution in [-0.4, -0.2) is 0 Å². The Bertz CT molecular complexity index is 230. The van der Waals surface area contributed by atoms with Gasteiger partial charge in [-0.3, -0.25) is 0 Å². The lowest BCUT2D eigenvalue weighted by atomic mass is 9.64. The van der Waals surface area contributed by atoms with E-state index in [-0.39, 0.29) is 5.41 Å². The van der Waals surface area contributed by atoms with Crippen LogP contribution in [0.25, 0.3) is 0 Å². The van der Waals surface area contributed by atoms with E-state index in [9.17, 15) is 0 Å². The summed E-state index contributed by atoms with van der Waals surface area (Å²) in [5.41, 5.74) is 7.14. The maximum absolute atomic E-state index is 5.67. The first-order chi connectivity index (χ1) is 5.35. The number of rotatable bonds is 0. The molecule has 1 aliphatic carbocycles. The summed E-state index contributed by atoms with van der Waals surface area (Å²) in [4.78, 5) is 0. The molecule has 0 aromatic rings. The van der Waals surface area contributed by atoms with Crippen LogP contribution in [0.3, 0.4) is 0 Å². The van der Waals surface area contributed by atoms with E-state index in [0.29, 0.717) is 5.41 Å². The Balaban J connectivity index is 2.86. The molecule has 1 heteroatoms. The van der Waals surface area contributed by atoms with Crippen molar-refractivity contribution in [2.75, 3.05) is 0 Å². The van der Waals surface area contributed by atoms with Gasteiger partial charge in [-0.15, -0.1) is 0 Å². The third-order valence-corrected chi connectivity index (χ3v) is 3.12. The monoisotopic (exact) mass is 165 g/mol. The summed E-state index contributed by atoms with van der Waals surface area (Å²) < 4.78 is 0. The Hall–Kier alpha value is -0.720. The molecule has 1 unspecified atom stereocenters. The van der Waals surface area contributed by atoms with Crippen LogP contribution >= 0.6 is 0 Å². The van der Waals surface area contributed by atoms with Gasteiger partial charge in [0.05, 0.1) is 0 Å². The van der Waals surface area contributed by atoms with Gasteiger partial charge in [-0.25, -0.2) is 0 Å². The molecule has 0 saturated heterocycles. The van der Waals surface area contributed by atoms with Crippen LogP contribution in [0.5, 0.6) is 0 Å². The normalized spacial score (nSPS) is 30.2. The van der Waals surface area contributed by atoms with Crippen molar-refractivity contribution in [1.82, 2.24) is 0 Å². The quantitative estimate of drug-likeness (QED) is 0.587. The predicted octanol–water partition coefficient (Wildman–Crippen LogP) is 2.84. The third-order valence-electron chi connectivity index (χ3n) is 3.12. The second-order valence-electron chi connectivity index (χ2n) is 4.91. The predicted molar refractivity (Wildman–Crippen MR) is 53.6 cm³/mol. The van der Waals surface area contributed by atoms with Gasteiger partial charge in [-0.1, -0.05) is 39.8 Å². The van der Waals surface area contributed by atoms with Gasteiger partial charge in [-0.2, -0.15) is 0 Å². The first-order valence-electron chi connectivity index (χ1n) is 4.50. The van der Waals surface area contributed by atoms with Gasteiger partial charge >= 0.3 is 0 Å². The van der Waals surface area contributed by atoms with Gasteiger partial charge in [0.15, 0.2) is 0 Å². The molecule has 1 nitrogen and oxygen atoms in total. The Labute approximate surface area is 75.3 Å². The summed E-state index contributed by atoms with van der Waals surface area (Å²) in [5, 5.41) is 0. The van der Waals surface area contributed by atoms with Crippen molar-refractivity contribution in [3.05, 3.63) is 23.9 Å². The summed E-state index contributed by atoms with van der Waals surface area (Å²) in [6, 6.07) is 0. The number of hydrogen-bond donors (Lipinski definition) is 1. The molecular formula is C11H19N. The van der Waals surface area contributed by atoms with Crippen LogP contribution in [0.4, 0.5) is 0 Å². The first-order valence-corrected chi connectivity index (χ1v) is 4.50. The van der Waals surface area contributed by atoms with Crippen LogP contribution in [0.1, 0.15) is 34.1 Å². The molecule has 1 rings (SSSR count). The topological polar surface area (TPSA) is 26.0 Å². The van der Waals surface area contributed by atoms with Crippen LogP contribution < -0.4 is 5.73 Å². The smallest absolute Gasteiger partial charge is 0.0270 e. The molecule has 0 aliphatic heterocycles. The fourth-order valence-electron chi connectivity index (χ4n) is 1.30. The number of allylic oxidation sites excluding steroid dienone is 3. The number of nitrogens with two attached hydrogens (primary N) is 1. The van der Waals surface area contributed by atoms with Crippen molar-refractivity contribution in [3.8, 4) is 0 Å². The van der Waals surface area contributed by atoms with Gasteiger partial charge in [0.1, 0.15) is 0 Å². The van der Waals surface area contributed by atoms with Gasteiger partial charge in [0.25, 0.3) is 0 Å². The van der Waals surface area contributed by atoms with Crippen molar-refractivity contribution in [2.45, 2.75) is 34.1 Å². The average molecular weight is 165 g/mol. The minimum atomic E-state index is 0.260. The number of hydrogen-bond acceptors (Lipinski definition) is 1. The zero-order valence-electron chi connectivity index (χ0n) is 8.52. The fraction of sp³-hybridized carbons (Fsp3) is 0.636. The van der Waals surface area contributed by atoms with Crippen LogP contribution in [-0.2, 0) is 0 Å². The Morgan fingerprint density at radius 3 is 2.33 bits per heavy atom. The lowest BCUT2D eigenvalue weighted by Crippen LogP contribution is -2.31. The fourth-order valence-corrected chi connectivity index (χ4v) is 1.30. The maximum Gasteiger partial charge on any atom is 0.0270 e. The molecule has 1 atom stereocenters. The Kier molecular flexibility index (Phi) is 2.07. The molecule has 68 valence electrons. The lowest BCUT2D eigenvalue weighted by molar-refractivity contribution is 0.169. The summed E-state index contributed by atoms with van der Waals surface area (Å²) in [6.45, 7) is 9.10. The van der Waals surface area contributed by atoms with Crippen molar-refractivity contribution < 1.29 is 0 Å². The molecule has 0 heterocycles. The Morgan fingerprint density at radius 2 is 2.00 bits per heavy atom. The standard InChI is InChI=1S/C11H19N/c1-10(2,3)11(4)7-5-9(12)6-8-11/h5-7H,8,12H2,1-4H3. The van der Waals surface area contributed by atoms with Crippen molar-refractivity contribution >= 4 is 0 Å². The van der Waals surface area contributed by atoms with E-state index < -0.39 is 0 Å². The van der Waals surface area contributed by atoms with E-state index in [2.05, 4.69) is 39.8 Å². The molecule has 1 aliphatic rings. The minimum Gasteiger partial charge on any atom is -0.399 e. The van der Waals surface area contributed by atoms with Crippen LogP contribution in [0.2, 0.25) is 0 Å². The van der Waals surface area contributed by atoms with Crippen molar-refractivity contribution in [3.63, 3.8) is 0 Å². The molecule has 0 aromatic heterocycles. The van der Waals surface area contributed by atoms with E-state index in [4.69, 9.17) is 5.73 Å². The van der Waals surface area contributed by atoms with E-state index in [1.54, 1.807) is 0 Å². The summed E-state index contributed by atoms with van der Waals surface area (Å²) >= 11 is 0. The molecule has 0 aromatic carbocycles. The molecule has 0 bridgehead atoms. The van der Waals surface area contributed by atoms with Crippen molar-refractivity contribution in [1.29, 1.82) is 0 Å². The molecule has 0 spiro atoms. The third kappa shape index (κ3) is 1.55.